The number of amides is 1. The van der Waals surface area contributed by atoms with Gasteiger partial charge in [-0.05, 0) is 58.3 Å². The second-order valence-corrected chi connectivity index (χ2v) is 7.22. The number of ether oxygens (including phenoxy) is 3. The van der Waals surface area contributed by atoms with Crippen LogP contribution >= 0.6 is 11.6 Å². The second kappa shape index (κ2) is 8.05. The van der Waals surface area contributed by atoms with Gasteiger partial charge in [0.25, 0.3) is 0 Å². The van der Waals surface area contributed by atoms with Crippen LogP contribution < -0.4 is 14.2 Å². The number of nitrogens with zero attached hydrogens (tertiary/aromatic N) is 1. The first-order valence-corrected chi connectivity index (χ1v) is 9.50. The van der Waals surface area contributed by atoms with Crippen molar-refractivity contribution in [3.8, 4) is 17.2 Å². The molecule has 1 amide bonds. The maximum atomic E-state index is 12.5. The highest BCUT2D eigenvalue weighted by Gasteiger charge is 2.17. The van der Waals surface area contributed by atoms with E-state index in [9.17, 15) is 4.79 Å². The second-order valence-electron chi connectivity index (χ2n) is 6.81. The van der Waals surface area contributed by atoms with Crippen LogP contribution in [0.2, 0.25) is 5.02 Å². The minimum absolute atomic E-state index is 0.103. The first-order valence-electron chi connectivity index (χ1n) is 9.12. The Morgan fingerprint density at radius 2 is 1.93 bits per heavy atom. The van der Waals surface area contributed by atoms with Crippen LogP contribution in [-0.4, -0.2) is 31.8 Å². The SMILES string of the molecule is COc1ccc2cc(CN(C)C(=O)/C=C/c3cc(Cl)c4c(c3)OCO4)ccc2c1. The largest absolute Gasteiger partial charge is 0.497 e. The molecule has 0 saturated heterocycles. The lowest BCUT2D eigenvalue weighted by Crippen LogP contribution is -2.24. The van der Waals surface area contributed by atoms with Gasteiger partial charge < -0.3 is 19.1 Å². The molecule has 0 spiro atoms. The van der Waals surface area contributed by atoms with E-state index in [1.165, 1.54) is 6.08 Å². The number of fused-ring (bicyclic) bond motifs is 2. The summed E-state index contributed by atoms with van der Waals surface area (Å²) in [7, 11) is 3.43. The van der Waals surface area contributed by atoms with Crippen LogP contribution in [0.25, 0.3) is 16.8 Å². The van der Waals surface area contributed by atoms with Crippen molar-refractivity contribution >= 4 is 34.4 Å². The molecule has 3 aromatic carbocycles. The average molecular weight is 410 g/mol. The first-order chi connectivity index (χ1) is 14.0. The zero-order chi connectivity index (χ0) is 20.4. The molecule has 1 heterocycles. The Bertz CT molecular complexity index is 1110. The molecule has 29 heavy (non-hydrogen) atoms. The van der Waals surface area contributed by atoms with Crippen LogP contribution in [-0.2, 0) is 11.3 Å². The third-order valence-corrected chi connectivity index (χ3v) is 5.06. The van der Waals surface area contributed by atoms with E-state index in [4.69, 9.17) is 25.8 Å². The van der Waals surface area contributed by atoms with Crippen molar-refractivity contribution in [3.05, 3.63) is 70.8 Å². The molecule has 148 valence electrons. The summed E-state index contributed by atoms with van der Waals surface area (Å²) in [5.41, 5.74) is 1.83. The number of hydrogen-bond donors (Lipinski definition) is 0. The molecule has 6 heteroatoms. The minimum Gasteiger partial charge on any atom is -0.497 e. The molecule has 0 unspecified atom stereocenters. The number of hydrogen-bond acceptors (Lipinski definition) is 4. The summed E-state index contributed by atoms with van der Waals surface area (Å²) in [6.45, 7) is 0.662. The molecule has 5 nitrogen and oxygen atoms in total. The van der Waals surface area contributed by atoms with E-state index >= 15 is 0 Å². The highest BCUT2D eigenvalue weighted by atomic mass is 35.5. The summed E-state index contributed by atoms with van der Waals surface area (Å²) in [5.74, 6) is 1.85. The van der Waals surface area contributed by atoms with E-state index in [1.807, 2.05) is 30.3 Å². The number of likely N-dealkylation sites (N-methyl/N-ethyl adjacent to an activating group) is 1. The van der Waals surface area contributed by atoms with Gasteiger partial charge >= 0.3 is 0 Å². The van der Waals surface area contributed by atoms with E-state index < -0.39 is 0 Å². The predicted octanol–water partition coefficient (Wildman–Crippen LogP) is 4.90. The molecule has 0 radical (unpaired) electrons. The Balaban J connectivity index is 1.45. The van der Waals surface area contributed by atoms with E-state index in [2.05, 4.69) is 6.07 Å². The fourth-order valence-corrected chi connectivity index (χ4v) is 3.50. The molecule has 0 saturated carbocycles. The molecule has 0 bridgehead atoms. The van der Waals surface area contributed by atoms with E-state index in [1.54, 1.807) is 37.3 Å². The monoisotopic (exact) mass is 409 g/mol. The Morgan fingerprint density at radius 3 is 2.76 bits per heavy atom. The number of benzene rings is 3. The van der Waals surface area contributed by atoms with Gasteiger partial charge in [0.2, 0.25) is 12.7 Å². The third kappa shape index (κ3) is 4.15. The molecular formula is C23H20ClNO4. The van der Waals surface area contributed by atoms with Gasteiger partial charge in [-0.15, -0.1) is 0 Å². The highest BCUT2D eigenvalue weighted by molar-refractivity contribution is 6.32. The average Bonchev–Trinajstić information content (AvgIpc) is 3.20. The van der Waals surface area contributed by atoms with Gasteiger partial charge in [0.05, 0.1) is 12.1 Å². The van der Waals surface area contributed by atoms with Gasteiger partial charge in [0.1, 0.15) is 5.75 Å². The van der Waals surface area contributed by atoms with Gasteiger partial charge in [-0.1, -0.05) is 29.8 Å². The highest BCUT2D eigenvalue weighted by Crippen LogP contribution is 2.40. The maximum Gasteiger partial charge on any atom is 0.246 e. The minimum atomic E-state index is -0.103. The number of carbonyl (C=O) groups is 1. The maximum absolute atomic E-state index is 12.5. The molecule has 0 N–H and O–H groups in total. The van der Waals surface area contributed by atoms with Gasteiger partial charge in [0, 0.05) is 19.7 Å². The van der Waals surface area contributed by atoms with Gasteiger partial charge in [-0.2, -0.15) is 0 Å². The van der Waals surface area contributed by atoms with Crippen LogP contribution in [0, 0.1) is 0 Å². The van der Waals surface area contributed by atoms with Crippen molar-refractivity contribution in [1.82, 2.24) is 4.90 Å². The van der Waals surface area contributed by atoms with Crippen molar-refractivity contribution < 1.29 is 19.0 Å². The number of methoxy groups -OCH3 is 1. The van der Waals surface area contributed by atoms with Crippen LogP contribution in [0.4, 0.5) is 0 Å². The normalized spacial score (nSPS) is 12.5. The Labute approximate surface area is 174 Å². The fraction of sp³-hybridized carbons (Fsp3) is 0.174. The summed E-state index contributed by atoms with van der Waals surface area (Å²) >= 11 is 6.18. The van der Waals surface area contributed by atoms with Gasteiger partial charge in [0.15, 0.2) is 11.5 Å². The smallest absolute Gasteiger partial charge is 0.246 e. The van der Waals surface area contributed by atoms with Crippen LogP contribution in [0.15, 0.2) is 54.6 Å². The van der Waals surface area contributed by atoms with Crippen molar-refractivity contribution in [2.75, 3.05) is 21.0 Å². The van der Waals surface area contributed by atoms with E-state index in [0.29, 0.717) is 23.1 Å². The molecule has 3 aromatic rings. The first kappa shape index (κ1) is 19.2. The number of carbonyl (C=O) groups excluding carboxylic acids is 1. The van der Waals surface area contributed by atoms with E-state index in [0.717, 1.165) is 27.6 Å². The van der Waals surface area contributed by atoms with Gasteiger partial charge in [-0.25, -0.2) is 0 Å². The summed E-state index contributed by atoms with van der Waals surface area (Å²) in [6.07, 6.45) is 3.25. The standard InChI is InChI=1S/C23H20ClNO4/c1-25(13-16-3-5-18-12-19(27-2)7-6-17(18)9-16)22(26)8-4-15-10-20(24)23-21(11-15)28-14-29-23/h3-12H,13-14H2,1-2H3/b8-4+. The van der Waals surface area contributed by atoms with E-state index in [-0.39, 0.29) is 12.7 Å². The molecular weight excluding hydrogens is 390 g/mol. The Hall–Kier alpha value is -3.18. The van der Waals surface area contributed by atoms with Crippen molar-refractivity contribution in [3.63, 3.8) is 0 Å². The Kier molecular flexibility index (Phi) is 5.32. The summed E-state index contributed by atoms with van der Waals surface area (Å²) in [4.78, 5) is 14.2. The summed E-state index contributed by atoms with van der Waals surface area (Å²) in [5, 5.41) is 2.67. The topological polar surface area (TPSA) is 48.0 Å². The molecule has 4 rings (SSSR count). The number of halogens is 1. The zero-order valence-corrected chi connectivity index (χ0v) is 16.9. The molecule has 1 aliphatic heterocycles. The van der Waals surface area contributed by atoms with Crippen LogP contribution in [0.1, 0.15) is 11.1 Å². The molecule has 0 atom stereocenters. The lowest BCUT2D eigenvalue weighted by atomic mass is 10.1. The molecule has 1 aliphatic rings. The van der Waals surface area contributed by atoms with Crippen molar-refractivity contribution in [1.29, 1.82) is 0 Å². The van der Waals surface area contributed by atoms with Crippen LogP contribution in [0.3, 0.4) is 0 Å². The molecule has 0 aliphatic carbocycles. The predicted molar refractivity (Wildman–Crippen MR) is 114 cm³/mol. The van der Waals surface area contributed by atoms with Crippen molar-refractivity contribution in [2.45, 2.75) is 6.54 Å². The fourth-order valence-electron chi connectivity index (χ4n) is 3.23. The quantitative estimate of drug-likeness (QED) is 0.562. The number of rotatable bonds is 5. The zero-order valence-electron chi connectivity index (χ0n) is 16.1. The summed E-state index contributed by atoms with van der Waals surface area (Å²) < 4.78 is 15.9. The summed E-state index contributed by atoms with van der Waals surface area (Å²) in [6, 6.07) is 15.6. The lowest BCUT2D eigenvalue weighted by Gasteiger charge is -2.16. The van der Waals surface area contributed by atoms with Crippen molar-refractivity contribution in [2.24, 2.45) is 0 Å². The molecule has 0 aromatic heterocycles. The Morgan fingerprint density at radius 1 is 1.14 bits per heavy atom. The third-order valence-electron chi connectivity index (χ3n) is 4.78. The van der Waals surface area contributed by atoms with Crippen LogP contribution in [0.5, 0.6) is 17.2 Å². The molecule has 0 fully saturated rings. The lowest BCUT2D eigenvalue weighted by molar-refractivity contribution is -0.125. The van der Waals surface area contributed by atoms with Gasteiger partial charge in [-0.3, -0.25) is 4.79 Å².